The summed E-state index contributed by atoms with van der Waals surface area (Å²) in [7, 11) is -6.00. The molecule has 0 saturated carbocycles. The highest BCUT2D eigenvalue weighted by molar-refractivity contribution is 6.50. The van der Waals surface area contributed by atoms with Crippen molar-refractivity contribution in [1.29, 1.82) is 0 Å². The molecule has 1 heterocycles. The van der Waals surface area contributed by atoms with Gasteiger partial charge in [-0.2, -0.15) is 0 Å². The van der Waals surface area contributed by atoms with Crippen molar-refractivity contribution in [2.45, 2.75) is 6.92 Å². The normalized spacial score (nSPS) is 14.7. The van der Waals surface area contributed by atoms with Crippen molar-refractivity contribution in [3.63, 3.8) is 0 Å². The summed E-state index contributed by atoms with van der Waals surface area (Å²) in [5.41, 5.74) is 1.08. The standard InChI is InChI=1S/C13H16N2O.BF4/c1-2-16-12(10-13-14-8-9-15-13)11-6-4-3-5-7-11;2-1(3,4)5/h3-7,10H,2,8-9H2,1H3,(H,14,15);/q;-1. The van der Waals surface area contributed by atoms with Gasteiger partial charge >= 0.3 is 7.25 Å². The molecule has 1 aromatic rings. The lowest BCUT2D eigenvalue weighted by atomic mass is 10.2. The quantitative estimate of drug-likeness (QED) is 0.525. The van der Waals surface area contributed by atoms with Crippen molar-refractivity contribution in [3.05, 3.63) is 42.0 Å². The fourth-order valence-electron chi connectivity index (χ4n) is 1.60. The zero-order valence-electron chi connectivity index (χ0n) is 11.5. The topological polar surface area (TPSA) is 33.6 Å². The second-order valence-electron chi connectivity index (χ2n) is 4.00. The molecule has 0 aliphatic carbocycles. The van der Waals surface area contributed by atoms with Gasteiger partial charge in [0.25, 0.3) is 0 Å². The monoisotopic (exact) mass is 303 g/mol. The van der Waals surface area contributed by atoms with Crippen molar-refractivity contribution in [2.75, 3.05) is 19.7 Å². The Morgan fingerprint density at radius 1 is 1.29 bits per heavy atom. The SMILES string of the molecule is CCOC(=CC1=NCCN1)c1ccccc1.F[B-](F)(F)F. The van der Waals surface area contributed by atoms with Gasteiger partial charge in [0.2, 0.25) is 0 Å². The van der Waals surface area contributed by atoms with Crippen LogP contribution in [0.3, 0.4) is 0 Å². The first-order valence-electron chi connectivity index (χ1n) is 6.45. The van der Waals surface area contributed by atoms with Gasteiger partial charge in [-0.05, 0) is 6.92 Å². The first kappa shape index (κ1) is 17.1. The van der Waals surface area contributed by atoms with Crippen LogP contribution in [-0.4, -0.2) is 32.8 Å². The van der Waals surface area contributed by atoms with Crippen LogP contribution in [0.15, 0.2) is 41.4 Å². The maximum absolute atomic E-state index is 9.75. The average Bonchev–Trinajstić information content (AvgIpc) is 2.90. The first-order valence-corrected chi connectivity index (χ1v) is 6.45. The molecule has 0 aromatic heterocycles. The summed E-state index contributed by atoms with van der Waals surface area (Å²) in [5, 5.41) is 3.21. The summed E-state index contributed by atoms with van der Waals surface area (Å²) in [6.07, 6.45) is 1.96. The summed E-state index contributed by atoms with van der Waals surface area (Å²) in [6, 6.07) is 10.1. The molecule has 0 atom stereocenters. The van der Waals surface area contributed by atoms with E-state index >= 15 is 0 Å². The second-order valence-corrected chi connectivity index (χ2v) is 4.00. The number of nitrogens with zero attached hydrogens (tertiary/aromatic N) is 1. The van der Waals surface area contributed by atoms with Crippen LogP contribution in [0.5, 0.6) is 0 Å². The van der Waals surface area contributed by atoms with Crippen molar-refractivity contribution in [1.82, 2.24) is 5.32 Å². The van der Waals surface area contributed by atoms with E-state index in [4.69, 9.17) is 4.74 Å². The zero-order valence-corrected chi connectivity index (χ0v) is 11.5. The molecule has 2 rings (SSSR count). The maximum Gasteiger partial charge on any atom is 0.673 e. The molecular weight excluding hydrogens is 287 g/mol. The third-order valence-corrected chi connectivity index (χ3v) is 2.33. The average molecular weight is 303 g/mol. The summed E-state index contributed by atoms with van der Waals surface area (Å²) in [4.78, 5) is 4.33. The molecule has 21 heavy (non-hydrogen) atoms. The van der Waals surface area contributed by atoms with E-state index in [1.165, 1.54) is 0 Å². The maximum atomic E-state index is 9.75. The van der Waals surface area contributed by atoms with E-state index in [0.29, 0.717) is 6.61 Å². The van der Waals surface area contributed by atoms with Crippen LogP contribution in [-0.2, 0) is 4.74 Å². The number of aliphatic imine (C=N–C) groups is 1. The predicted octanol–water partition coefficient (Wildman–Crippen LogP) is 3.37. The van der Waals surface area contributed by atoms with Gasteiger partial charge in [0.05, 0.1) is 13.2 Å². The molecule has 0 bridgehead atoms. The van der Waals surface area contributed by atoms with Gasteiger partial charge in [-0.3, -0.25) is 4.99 Å². The van der Waals surface area contributed by atoms with Crippen molar-refractivity contribution >= 4 is 18.8 Å². The second kappa shape index (κ2) is 8.33. The van der Waals surface area contributed by atoms with E-state index in [-0.39, 0.29) is 0 Å². The molecule has 0 radical (unpaired) electrons. The van der Waals surface area contributed by atoms with Crippen molar-refractivity contribution in [3.8, 4) is 0 Å². The third kappa shape index (κ3) is 8.01. The fraction of sp³-hybridized carbons (Fsp3) is 0.308. The van der Waals surface area contributed by atoms with E-state index in [1.54, 1.807) is 0 Å². The summed E-state index contributed by atoms with van der Waals surface area (Å²) >= 11 is 0. The van der Waals surface area contributed by atoms with Crippen molar-refractivity contribution in [2.24, 2.45) is 4.99 Å². The van der Waals surface area contributed by atoms with Crippen LogP contribution >= 0.6 is 0 Å². The van der Waals surface area contributed by atoms with Gasteiger partial charge in [0.15, 0.2) is 0 Å². The van der Waals surface area contributed by atoms with Crippen LogP contribution in [0, 0.1) is 0 Å². The van der Waals surface area contributed by atoms with E-state index in [9.17, 15) is 17.3 Å². The fourth-order valence-corrected chi connectivity index (χ4v) is 1.60. The molecule has 0 saturated heterocycles. The Kier molecular flexibility index (Phi) is 6.77. The summed E-state index contributed by atoms with van der Waals surface area (Å²) in [5.74, 6) is 1.78. The van der Waals surface area contributed by atoms with Crippen LogP contribution < -0.4 is 5.32 Å². The number of nitrogens with one attached hydrogen (secondary N) is 1. The molecule has 0 spiro atoms. The number of hydrogen-bond acceptors (Lipinski definition) is 3. The summed E-state index contributed by atoms with van der Waals surface area (Å²) in [6.45, 7) is 4.41. The lowest BCUT2D eigenvalue weighted by Crippen LogP contribution is -2.16. The highest BCUT2D eigenvalue weighted by Crippen LogP contribution is 2.15. The van der Waals surface area contributed by atoms with Gasteiger partial charge in [-0.25, -0.2) is 0 Å². The molecule has 1 aliphatic rings. The molecular formula is C13H16BF4N2O-. The Balaban J connectivity index is 0.000000383. The minimum absolute atomic E-state index is 0.661. The number of benzene rings is 1. The van der Waals surface area contributed by atoms with Gasteiger partial charge in [0, 0.05) is 18.2 Å². The van der Waals surface area contributed by atoms with Gasteiger partial charge in [-0.15, -0.1) is 0 Å². The number of ether oxygens (including phenoxy) is 1. The largest absolute Gasteiger partial charge is 0.673 e. The third-order valence-electron chi connectivity index (χ3n) is 2.33. The number of rotatable bonds is 4. The van der Waals surface area contributed by atoms with Crippen LogP contribution in [0.4, 0.5) is 17.3 Å². The molecule has 116 valence electrons. The first-order chi connectivity index (χ1) is 9.90. The van der Waals surface area contributed by atoms with E-state index < -0.39 is 7.25 Å². The van der Waals surface area contributed by atoms with E-state index in [2.05, 4.69) is 10.3 Å². The predicted molar refractivity (Wildman–Crippen MR) is 76.5 cm³/mol. The lowest BCUT2D eigenvalue weighted by molar-refractivity contribution is 0.298. The molecule has 1 N–H and O–H groups in total. The smallest absolute Gasteiger partial charge is 0.493 e. The van der Waals surface area contributed by atoms with Gasteiger partial charge in [0.1, 0.15) is 11.6 Å². The minimum atomic E-state index is -6.00. The zero-order chi connectivity index (χ0) is 15.7. The molecule has 3 nitrogen and oxygen atoms in total. The van der Waals surface area contributed by atoms with Crippen LogP contribution in [0.2, 0.25) is 0 Å². The van der Waals surface area contributed by atoms with Gasteiger partial charge in [-0.1, -0.05) is 30.3 Å². The molecule has 0 fully saturated rings. The summed E-state index contributed by atoms with van der Waals surface area (Å²) < 4.78 is 44.6. The van der Waals surface area contributed by atoms with Crippen LogP contribution in [0.1, 0.15) is 12.5 Å². The van der Waals surface area contributed by atoms with E-state index in [0.717, 1.165) is 30.2 Å². The molecule has 1 aliphatic heterocycles. The minimum Gasteiger partial charge on any atom is -0.493 e. The number of halogens is 4. The van der Waals surface area contributed by atoms with Crippen molar-refractivity contribution < 1.29 is 22.0 Å². The Bertz CT molecular complexity index is 483. The molecule has 8 heteroatoms. The highest BCUT2D eigenvalue weighted by atomic mass is 19.5. The van der Waals surface area contributed by atoms with Crippen LogP contribution in [0.25, 0.3) is 5.76 Å². The number of amidine groups is 1. The Labute approximate surface area is 120 Å². The van der Waals surface area contributed by atoms with E-state index in [1.807, 2.05) is 43.3 Å². The Morgan fingerprint density at radius 3 is 2.38 bits per heavy atom. The Morgan fingerprint density at radius 2 is 1.90 bits per heavy atom. The molecule has 1 aromatic carbocycles. The molecule has 0 amide bonds. The van der Waals surface area contributed by atoms with Gasteiger partial charge < -0.3 is 27.3 Å². The Hall–Kier alpha value is -1.99. The highest BCUT2D eigenvalue weighted by Gasteiger charge is 2.20. The number of hydrogen-bond donors (Lipinski definition) is 1. The lowest BCUT2D eigenvalue weighted by Gasteiger charge is -2.08. The molecule has 0 unspecified atom stereocenters.